The van der Waals surface area contributed by atoms with E-state index < -0.39 is 102 Å². The van der Waals surface area contributed by atoms with Gasteiger partial charge in [0.1, 0.15) is 36.6 Å². The molecule has 3 aromatic rings. The summed E-state index contributed by atoms with van der Waals surface area (Å²) in [7, 11) is 5.24. The van der Waals surface area contributed by atoms with Gasteiger partial charge in [0.2, 0.25) is 5.91 Å². The molecular formula is C61H91N3O15S2. The first kappa shape index (κ1) is 65.0. The number of thiophene rings is 1. The van der Waals surface area contributed by atoms with Crippen molar-refractivity contribution in [1.29, 1.82) is 0 Å². The smallest absolute Gasteiger partial charge is 0.311 e. The molecule has 0 saturated carbocycles. The topological polar surface area (TPSA) is 235 Å². The molecular weight excluding hydrogens is 1080 g/mol. The number of nitrogens with one attached hydrogen (secondary N) is 1. The number of likely N-dealkylation sites (N-methyl/N-ethyl adjacent to an activating group) is 1. The largest absolute Gasteiger partial charge is 0.460 e. The number of fused-ring (bicyclic) bond motifs is 5. The summed E-state index contributed by atoms with van der Waals surface area (Å²) in [6.07, 6.45) is -9.15. The Morgan fingerprint density at radius 1 is 0.877 bits per heavy atom. The summed E-state index contributed by atoms with van der Waals surface area (Å²) in [5, 5.41) is 63.3. The van der Waals surface area contributed by atoms with Crippen LogP contribution in [-0.2, 0) is 54.1 Å². The van der Waals surface area contributed by atoms with E-state index in [2.05, 4.69) is 35.6 Å². The van der Waals surface area contributed by atoms with Gasteiger partial charge in [0.15, 0.2) is 12.6 Å². The maximum absolute atomic E-state index is 14.7. The van der Waals surface area contributed by atoms with E-state index in [1.54, 1.807) is 71.6 Å². The SMILES string of the molecule is CC[C@H]1OC(=O)[C@H](C)[C@@H](O[C@@H]2C[C@@](C)(OC)[C@@H](O)[C@@H](C)O2)[C@H](C)[C@@H](O[C@@H]2O[C@H](C)C[C@H](N(C)C)[C@H]2O)[C@](C)(O)C[C@@H](C)CN(CCCNC(=O)CCC(=O)OCc2cc3c(s2)-c2ccccc2Sc2ccccc2-3)[C@H](C)[C@@H](O)[C@]1(C)O. The normalized spacial score (nSPS) is 36.2. The highest BCUT2D eigenvalue weighted by molar-refractivity contribution is 7.99. The molecule has 18 nitrogen and oxygen atoms in total. The molecule has 6 N–H and O–H groups in total. The third-order valence-electron chi connectivity index (χ3n) is 17.2. The van der Waals surface area contributed by atoms with Gasteiger partial charge in [0.05, 0.1) is 48.0 Å². The van der Waals surface area contributed by atoms with Gasteiger partial charge in [-0.15, -0.1) is 11.3 Å². The first-order valence-corrected chi connectivity index (χ1v) is 30.5. The minimum atomic E-state index is -1.96. The molecule has 1 aromatic heterocycles. The second-order valence-corrected chi connectivity index (χ2v) is 26.4. The molecule has 0 unspecified atom stereocenters. The number of ether oxygens (including phenoxy) is 7. The standard InChI is InChI=1S/C61H91N3O15S2/c1-14-47-61(10,72)54(68)38(6)64(27-19-26-62-48(65)24-25-49(66)74-33-40-29-43-41-20-15-17-22-45(41)81-46-23-18-16-21-42(46)53(43)80-40)32-34(2)30-59(8,71)56(79-58-51(67)44(63(11)12)28-35(3)75-58)36(4)52(37(5)57(70)77-47)78-50-31-60(9,73-13)55(69)39(7)76-50/h15-18,20-23,29,34-39,44,47,50-52,54-56,58,67-69,71-72H,14,19,24-28,30-33H2,1-13H3,(H,62,65)/t34-,35-,36+,37-,38-,39-,44+,47-,50-,51-,52+,54-,55+,56-,58+,59-,60-,61-/m1/s1. The number of esters is 2. The number of carbonyl (C=O) groups excluding carboxylic acids is 3. The van der Waals surface area contributed by atoms with Crippen molar-refractivity contribution in [3.63, 3.8) is 0 Å². The van der Waals surface area contributed by atoms with Crippen LogP contribution in [0.15, 0.2) is 64.4 Å². The summed E-state index contributed by atoms with van der Waals surface area (Å²) in [5.41, 5.74) is -1.37. The number of nitrogens with zero attached hydrogens (tertiary/aromatic N) is 2. The average molecular weight is 1170 g/mol. The number of benzene rings is 2. The highest BCUT2D eigenvalue weighted by Gasteiger charge is 2.53. The Hall–Kier alpha value is -3.58. The molecule has 18 atom stereocenters. The van der Waals surface area contributed by atoms with Crippen LogP contribution in [0, 0.1) is 17.8 Å². The van der Waals surface area contributed by atoms with E-state index in [0.29, 0.717) is 25.9 Å². The van der Waals surface area contributed by atoms with Crippen molar-refractivity contribution in [1.82, 2.24) is 15.1 Å². The van der Waals surface area contributed by atoms with Gasteiger partial charge < -0.3 is 68.9 Å². The maximum atomic E-state index is 14.7. The molecule has 0 aliphatic carbocycles. The van der Waals surface area contributed by atoms with Gasteiger partial charge in [-0.05, 0) is 118 Å². The van der Waals surface area contributed by atoms with Gasteiger partial charge in [-0.1, -0.05) is 68.9 Å². The fourth-order valence-electron chi connectivity index (χ4n) is 12.5. The first-order chi connectivity index (χ1) is 38.2. The van der Waals surface area contributed by atoms with Crippen LogP contribution in [0.25, 0.3) is 21.6 Å². The fraction of sp³-hybridized carbons (Fsp3) is 0.689. The summed E-state index contributed by atoms with van der Waals surface area (Å²) in [6.45, 7) is 18.4. The summed E-state index contributed by atoms with van der Waals surface area (Å²) in [4.78, 5) is 49.2. The Balaban J connectivity index is 1.06. The lowest BCUT2D eigenvalue weighted by Crippen LogP contribution is -2.60. The molecule has 0 bridgehead atoms. The zero-order valence-corrected chi connectivity index (χ0v) is 51.3. The predicted molar refractivity (Wildman–Crippen MR) is 309 cm³/mol. The van der Waals surface area contributed by atoms with Crippen LogP contribution < -0.4 is 5.32 Å². The van der Waals surface area contributed by atoms with Crippen LogP contribution in [0.3, 0.4) is 0 Å². The maximum Gasteiger partial charge on any atom is 0.311 e. The Morgan fingerprint density at radius 3 is 2.21 bits per heavy atom. The van der Waals surface area contributed by atoms with Gasteiger partial charge >= 0.3 is 11.9 Å². The quantitative estimate of drug-likeness (QED) is 0.0482. The molecule has 1 amide bonds. The lowest BCUT2D eigenvalue weighted by molar-refractivity contribution is -0.318. The molecule has 3 saturated heterocycles. The lowest BCUT2D eigenvalue weighted by atomic mass is 9.77. The van der Waals surface area contributed by atoms with E-state index >= 15 is 0 Å². The van der Waals surface area contributed by atoms with E-state index in [9.17, 15) is 39.9 Å². The van der Waals surface area contributed by atoms with Crippen molar-refractivity contribution in [2.24, 2.45) is 17.8 Å². The number of rotatable bonds is 16. The number of carbonyl (C=O) groups is 3. The van der Waals surface area contributed by atoms with Crippen LogP contribution in [0.2, 0.25) is 0 Å². The van der Waals surface area contributed by atoms with Crippen molar-refractivity contribution in [3.8, 4) is 21.6 Å². The van der Waals surface area contributed by atoms with E-state index in [4.69, 9.17) is 33.2 Å². The van der Waals surface area contributed by atoms with Crippen molar-refractivity contribution in [2.45, 2.75) is 221 Å². The molecule has 20 heteroatoms. The molecule has 4 aliphatic rings. The molecule has 0 spiro atoms. The monoisotopic (exact) mass is 1170 g/mol. The van der Waals surface area contributed by atoms with Crippen LogP contribution in [0.4, 0.5) is 0 Å². The first-order valence-electron chi connectivity index (χ1n) is 28.9. The molecule has 0 radical (unpaired) electrons. The Bertz CT molecular complexity index is 2520. The second-order valence-electron chi connectivity index (χ2n) is 24.1. The number of aliphatic hydroxyl groups excluding tert-OH is 3. The van der Waals surface area contributed by atoms with Crippen LogP contribution >= 0.6 is 23.1 Å². The number of aliphatic hydroxyl groups is 5. The minimum absolute atomic E-state index is 0.0744. The number of hydrogen-bond donors (Lipinski definition) is 6. The van der Waals surface area contributed by atoms with Crippen LogP contribution in [0.1, 0.15) is 119 Å². The Kier molecular flexibility index (Phi) is 22.2. The molecule has 81 heavy (non-hydrogen) atoms. The highest BCUT2D eigenvalue weighted by atomic mass is 32.2. The third kappa shape index (κ3) is 15.3. The number of methoxy groups -OCH3 is 1. The summed E-state index contributed by atoms with van der Waals surface area (Å²) < 4.78 is 43.9. The van der Waals surface area contributed by atoms with E-state index in [1.165, 1.54) is 14.0 Å². The summed E-state index contributed by atoms with van der Waals surface area (Å²) in [6, 6.07) is 17.6. The van der Waals surface area contributed by atoms with E-state index in [-0.39, 0.29) is 69.2 Å². The average Bonchev–Trinajstić information content (AvgIpc) is 3.81. The van der Waals surface area contributed by atoms with E-state index in [1.807, 2.05) is 62.0 Å². The predicted octanol–water partition coefficient (Wildman–Crippen LogP) is 7.16. The van der Waals surface area contributed by atoms with Crippen LogP contribution in [-0.4, -0.2) is 184 Å². The number of hydrogen-bond acceptors (Lipinski definition) is 19. The molecule has 3 fully saturated rings. The number of cyclic esters (lactones) is 1. The summed E-state index contributed by atoms with van der Waals surface area (Å²) in [5.74, 6) is -3.80. The molecule has 7 rings (SSSR count). The van der Waals surface area contributed by atoms with Gasteiger partial charge in [0, 0.05) is 88.3 Å². The molecule has 452 valence electrons. The number of amides is 1. The van der Waals surface area contributed by atoms with Crippen molar-refractivity contribution >= 4 is 40.9 Å². The van der Waals surface area contributed by atoms with Crippen LogP contribution in [0.5, 0.6) is 0 Å². The Labute approximate surface area is 487 Å². The van der Waals surface area contributed by atoms with Gasteiger partial charge in [0.25, 0.3) is 0 Å². The third-order valence-corrected chi connectivity index (χ3v) is 19.5. The Morgan fingerprint density at radius 2 is 1.54 bits per heavy atom. The molecule has 5 heterocycles. The minimum Gasteiger partial charge on any atom is -0.460 e. The molecule has 2 aromatic carbocycles. The van der Waals surface area contributed by atoms with Gasteiger partial charge in [-0.25, -0.2) is 0 Å². The lowest BCUT2D eigenvalue weighted by Gasteiger charge is -2.48. The van der Waals surface area contributed by atoms with Crippen molar-refractivity contribution < 1.29 is 73.1 Å². The second kappa shape index (κ2) is 27.6. The van der Waals surface area contributed by atoms with Crippen molar-refractivity contribution in [2.75, 3.05) is 40.8 Å². The van der Waals surface area contributed by atoms with Gasteiger partial charge in [-0.2, -0.15) is 0 Å². The van der Waals surface area contributed by atoms with Gasteiger partial charge in [-0.3, -0.25) is 19.3 Å². The summed E-state index contributed by atoms with van der Waals surface area (Å²) >= 11 is 3.34. The fourth-order valence-corrected chi connectivity index (χ4v) is 14.8. The highest BCUT2D eigenvalue weighted by Crippen LogP contribution is 2.51. The van der Waals surface area contributed by atoms with E-state index in [0.717, 1.165) is 36.2 Å². The van der Waals surface area contributed by atoms with Crippen molar-refractivity contribution in [3.05, 3.63) is 59.5 Å². The zero-order valence-electron chi connectivity index (χ0n) is 49.7. The molecule has 4 aliphatic heterocycles. The zero-order chi connectivity index (χ0) is 59.3.